The number of rotatable bonds is 5. The van der Waals surface area contributed by atoms with E-state index in [1.807, 2.05) is 25.1 Å². The van der Waals surface area contributed by atoms with Crippen molar-refractivity contribution >= 4 is 10.2 Å². The van der Waals surface area contributed by atoms with Gasteiger partial charge >= 0.3 is 0 Å². The van der Waals surface area contributed by atoms with Crippen molar-refractivity contribution in [3.8, 4) is 0 Å². The van der Waals surface area contributed by atoms with Gasteiger partial charge in [0.05, 0.1) is 6.54 Å². The van der Waals surface area contributed by atoms with Gasteiger partial charge in [-0.25, -0.2) is 0 Å². The molecule has 1 aromatic heterocycles. The molecule has 0 unspecified atom stereocenters. The minimum absolute atomic E-state index is 0.0178. The molecule has 0 radical (unpaired) electrons. The van der Waals surface area contributed by atoms with E-state index < -0.39 is 10.2 Å². The average molecular weight is 349 g/mol. The third-order valence-corrected chi connectivity index (χ3v) is 6.18. The molecule has 0 saturated carbocycles. The molecule has 1 aliphatic rings. The third-order valence-electron chi connectivity index (χ3n) is 4.33. The van der Waals surface area contributed by atoms with E-state index in [0.717, 1.165) is 18.7 Å². The number of aromatic nitrogens is 3. The van der Waals surface area contributed by atoms with Crippen molar-refractivity contribution in [2.75, 3.05) is 20.6 Å². The first-order valence-corrected chi connectivity index (χ1v) is 9.43. The lowest BCUT2D eigenvalue weighted by Gasteiger charge is -2.33. The number of hydrogen-bond acceptors (Lipinski definition) is 4. The van der Waals surface area contributed by atoms with Crippen LogP contribution in [0, 0.1) is 0 Å². The summed E-state index contributed by atoms with van der Waals surface area (Å²) in [6.07, 6.45) is 1.69. The molecule has 0 bridgehead atoms. The van der Waals surface area contributed by atoms with Crippen LogP contribution >= 0.6 is 0 Å². The molecule has 2 aromatic rings. The molecule has 2 heterocycles. The van der Waals surface area contributed by atoms with Crippen LogP contribution in [0.1, 0.15) is 30.2 Å². The quantitative estimate of drug-likeness (QED) is 0.814. The van der Waals surface area contributed by atoms with E-state index >= 15 is 0 Å². The predicted octanol–water partition coefficient (Wildman–Crippen LogP) is 1.25. The highest BCUT2D eigenvalue weighted by molar-refractivity contribution is 7.86. The third kappa shape index (κ3) is 3.22. The molecule has 24 heavy (non-hydrogen) atoms. The monoisotopic (exact) mass is 349 g/mol. The SMILES string of the molecule is C[C@H]1CN(S(=O)(=O)N(C)C)Cc2nnc(CCc3ccccc3)n21. The summed E-state index contributed by atoms with van der Waals surface area (Å²) in [4.78, 5) is 0. The van der Waals surface area contributed by atoms with Gasteiger partial charge in [0.15, 0.2) is 0 Å². The van der Waals surface area contributed by atoms with E-state index in [1.165, 1.54) is 14.2 Å². The van der Waals surface area contributed by atoms with E-state index in [4.69, 9.17) is 0 Å². The largest absolute Gasteiger partial charge is 0.310 e. The van der Waals surface area contributed by atoms with Crippen LogP contribution in [-0.4, -0.2) is 52.4 Å². The smallest absolute Gasteiger partial charge is 0.281 e. The highest BCUT2D eigenvalue weighted by Gasteiger charge is 2.34. The Morgan fingerprint density at radius 3 is 2.54 bits per heavy atom. The van der Waals surface area contributed by atoms with Crippen LogP contribution in [0.4, 0.5) is 0 Å². The van der Waals surface area contributed by atoms with Gasteiger partial charge in [-0.1, -0.05) is 30.3 Å². The normalized spacial score (nSPS) is 18.8. The Balaban J connectivity index is 1.78. The second-order valence-electron chi connectivity index (χ2n) is 6.32. The van der Waals surface area contributed by atoms with Gasteiger partial charge < -0.3 is 4.57 Å². The first-order valence-electron chi connectivity index (χ1n) is 8.03. The highest BCUT2D eigenvalue weighted by Crippen LogP contribution is 2.24. The Hall–Kier alpha value is -1.77. The highest BCUT2D eigenvalue weighted by atomic mass is 32.2. The molecular formula is C16H23N5O2S. The van der Waals surface area contributed by atoms with Crippen molar-refractivity contribution in [2.45, 2.75) is 32.4 Å². The lowest BCUT2D eigenvalue weighted by Crippen LogP contribution is -2.45. The molecule has 7 nitrogen and oxygen atoms in total. The zero-order valence-electron chi connectivity index (χ0n) is 14.3. The minimum atomic E-state index is -3.44. The lowest BCUT2D eigenvalue weighted by molar-refractivity contribution is 0.273. The summed E-state index contributed by atoms with van der Waals surface area (Å²) in [6.45, 7) is 2.71. The van der Waals surface area contributed by atoms with Crippen molar-refractivity contribution < 1.29 is 8.42 Å². The van der Waals surface area contributed by atoms with Gasteiger partial charge in [-0.15, -0.1) is 10.2 Å². The molecule has 1 aromatic carbocycles. The fourth-order valence-electron chi connectivity index (χ4n) is 3.05. The second-order valence-corrected chi connectivity index (χ2v) is 8.46. The molecule has 1 aliphatic heterocycles. The summed E-state index contributed by atoms with van der Waals surface area (Å²) in [5, 5.41) is 8.53. The first kappa shape index (κ1) is 17.1. The van der Waals surface area contributed by atoms with Crippen LogP contribution in [0.5, 0.6) is 0 Å². The average Bonchev–Trinajstić information content (AvgIpc) is 2.97. The van der Waals surface area contributed by atoms with E-state index in [1.54, 1.807) is 14.1 Å². The molecule has 3 rings (SSSR count). The van der Waals surface area contributed by atoms with Crippen molar-refractivity contribution in [3.63, 3.8) is 0 Å². The van der Waals surface area contributed by atoms with E-state index in [9.17, 15) is 8.42 Å². The molecule has 0 aliphatic carbocycles. The zero-order chi connectivity index (χ0) is 17.3. The van der Waals surface area contributed by atoms with Crippen LogP contribution in [-0.2, 0) is 29.6 Å². The van der Waals surface area contributed by atoms with Crippen molar-refractivity contribution in [3.05, 3.63) is 47.5 Å². The van der Waals surface area contributed by atoms with Crippen LogP contribution in [0.25, 0.3) is 0 Å². The van der Waals surface area contributed by atoms with E-state index in [2.05, 4.69) is 26.9 Å². The van der Waals surface area contributed by atoms with Gasteiger partial charge in [0.1, 0.15) is 11.6 Å². The summed E-state index contributed by atoms with van der Waals surface area (Å²) >= 11 is 0. The van der Waals surface area contributed by atoms with Gasteiger partial charge in [-0.05, 0) is 18.9 Å². The molecule has 0 N–H and O–H groups in total. The molecule has 0 spiro atoms. The number of nitrogens with zero attached hydrogens (tertiary/aromatic N) is 5. The zero-order valence-corrected chi connectivity index (χ0v) is 15.1. The predicted molar refractivity (Wildman–Crippen MR) is 91.6 cm³/mol. The molecule has 1 atom stereocenters. The minimum Gasteiger partial charge on any atom is -0.310 e. The Bertz CT molecular complexity index is 801. The standard InChI is InChI=1S/C16H23N5O2S/c1-13-11-20(24(22,23)19(2)3)12-16-18-17-15(21(13)16)10-9-14-7-5-4-6-8-14/h4-8,13H,9-12H2,1-3H3/t13-/m0/s1. The van der Waals surface area contributed by atoms with Crippen molar-refractivity contribution in [2.24, 2.45) is 0 Å². The summed E-state index contributed by atoms with van der Waals surface area (Å²) in [5.41, 5.74) is 1.26. The number of hydrogen-bond donors (Lipinski definition) is 0. The Morgan fingerprint density at radius 1 is 1.17 bits per heavy atom. The molecule has 130 valence electrons. The summed E-state index contributed by atoms with van der Waals surface area (Å²) < 4.78 is 29.5. The van der Waals surface area contributed by atoms with Crippen LogP contribution in [0.15, 0.2) is 30.3 Å². The fraction of sp³-hybridized carbons (Fsp3) is 0.500. The lowest BCUT2D eigenvalue weighted by atomic mass is 10.1. The second kappa shape index (κ2) is 6.62. The molecule has 0 amide bonds. The van der Waals surface area contributed by atoms with Crippen LogP contribution in [0.3, 0.4) is 0 Å². The maximum Gasteiger partial charge on any atom is 0.281 e. The summed E-state index contributed by atoms with van der Waals surface area (Å²) in [5.74, 6) is 1.63. The van der Waals surface area contributed by atoms with Gasteiger partial charge in [0.2, 0.25) is 0 Å². The van der Waals surface area contributed by atoms with Gasteiger partial charge in [-0.2, -0.15) is 17.0 Å². The number of benzene rings is 1. The summed E-state index contributed by atoms with van der Waals surface area (Å²) in [7, 11) is -0.344. The van der Waals surface area contributed by atoms with Gasteiger partial charge in [0, 0.05) is 33.1 Å². The molecule has 8 heteroatoms. The van der Waals surface area contributed by atoms with Crippen LogP contribution < -0.4 is 0 Å². The molecule has 0 fully saturated rings. The summed E-state index contributed by atoms with van der Waals surface area (Å²) in [6, 6.07) is 10.3. The number of aryl methyl sites for hydroxylation is 2. The van der Waals surface area contributed by atoms with Crippen molar-refractivity contribution in [1.82, 2.24) is 23.4 Å². The first-order chi connectivity index (χ1) is 11.4. The molecule has 0 saturated heterocycles. The Kier molecular flexibility index (Phi) is 4.71. The van der Waals surface area contributed by atoms with Gasteiger partial charge in [-0.3, -0.25) is 0 Å². The Labute approximate surface area is 143 Å². The fourth-order valence-corrected chi connectivity index (χ4v) is 4.20. The maximum atomic E-state index is 12.4. The van der Waals surface area contributed by atoms with Crippen molar-refractivity contribution in [1.29, 1.82) is 0 Å². The van der Waals surface area contributed by atoms with Crippen LogP contribution in [0.2, 0.25) is 0 Å². The van der Waals surface area contributed by atoms with Gasteiger partial charge in [0.25, 0.3) is 10.2 Å². The molecular weight excluding hydrogens is 326 g/mol. The topological polar surface area (TPSA) is 71.3 Å². The maximum absolute atomic E-state index is 12.4. The Morgan fingerprint density at radius 2 is 1.88 bits per heavy atom. The van der Waals surface area contributed by atoms with E-state index in [-0.39, 0.29) is 12.6 Å². The number of fused-ring (bicyclic) bond motifs is 1. The van der Waals surface area contributed by atoms with E-state index in [0.29, 0.717) is 12.4 Å².